The van der Waals surface area contributed by atoms with Crippen molar-refractivity contribution in [2.24, 2.45) is 14.1 Å². The third-order valence-electron chi connectivity index (χ3n) is 6.51. The fourth-order valence-corrected chi connectivity index (χ4v) is 6.43. The maximum absolute atomic E-state index is 13.2. The van der Waals surface area contributed by atoms with Gasteiger partial charge >= 0.3 is 11.6 Å². The molecule has 0 bridgehead atoms. The summed E-state index contributed by atoms with van der Waals surface area (Å²) in [7, 11) is 3.24. The van der Waals surface area contributed by atoms with E-state index in [1.807, 2.05) is 17.6 Å². The molecule has 1 aliphatic heterocycles. The second-order valence-electron chi connectivity index (χ2n) is 8.84. The van der Waals surface area contributed by atoms with Crippen LogP contribution in [0.3, 0.4) is 0 Å². The monoisotopic (exact) mass is 514 g/mol. The molecule has 0 atom stereocenters. The Morgan fingerprint density at radius 2 is 1.86 bits per heavy atom. The van der Waals surface area contributed by atoms with Gasteiger partial charge in [-0.15, -0.1) is 10.2 Å². The lowest BCUT2D eigenvalue weighted by molar-refractivity contribution is -0.914. The average molecular weight is 515 g/mol. The third kappa shape index (κ3) is 4.78. The van der Waals surface area contributed by atoms with Crippen LogP contribution < -0.4 is 25.6 Å². The molecule has 4 heterocycles. The second-order valence-corrected chi connectivity index (χ2v) is 11.4. The maximum Gasteiger partial charge on any atom is 0.360 e. The van der Waals surface area contributed by atoms with Crippen LogP contribution in [0.5, 0.6) is 0 Å². The molecule has 1 aromatic carbocycles. The van der Waals surface area contributed by atoms with Crippen molar-refractivity contribution >= 4 is 40.2 Å². The third-order valence-corrected chi connectivity index (χ3v) is 8.46. The summed E-state index contributed by atoms with van der Waals surface area (Å²) < 4.78 is 5.66. The van der Waals surface area contributed by atoms with Crippen LogP contribution in [0.1, 0.15) is 10.6 Å². The van der Waals surface area contributed by atoms with Crippen molar-refractivity contribution in [1.82, 2.24) is 24.3 Å². The van der Waals surface area contributed by atoms with Crippen LogP contribution in [-0.4, -0.2) is 56.2 Å². The number of nitrogens with zero attached hydrogens (tertiary/aromatic N) is 6. The standard InChI is InChI=1S/C23H28N8O2S2/c1-16-25-26-22(35-16)34-14-13-31-18-19(27(2)23(33)28(3)20(18)32)24-21(31)30-11-9-29(10-12-30)15-17-7-5-4-6-8-17/h4-8H,9-15H2,1-3H3/p+2. The Morgan fingerprint density at radius 1 is 1.11 bits per heavy atom. The summed E-state index contributed by atoms with van der Waals surface area (Å²) in [5, 5.41) is 9.23. The lowest BCUT2D eigenvalue weighted by atomic mass is 10.2. The van der Waals surface area contributed by atoms with E-state index in [0.29, 0.717) is 17.7 Å². The Kier molecular flexibility index (Phi) is 6.76. The molecule has 0 aliphatic carbocycles. The lowest BCUT2D eigenvalue weighted by Gasteiger charge is -2.29. The zero-order valence-electron chi connectivity index (χ0n) is 20.2. The molecule has 184 valence electrons. The Bertz CT molecular complexity index is 1450. The summed E-state index contributed by atoms with van der Waals surface area (Å²) in [5.74, 6) is 1.62. The minimum atomic E-state index is -0.335. The number of aromatic nitrogens is 6. The van der Waals surface area contributed by atoms with Gasteiger partial charge in [0.1, 0.15) is 37.7 Å². The van der Waals surface area contributed by atoms with E-state index >= 15 is 0 Å². The smallest absolute Gasteiger partial charge is 0.326 e. The number of nitrogens with one attached hydrogen (secondary N) is 2. The number of anilines is 1. The quantitative estimate of drug-likeness (QED) is 0.260. The molecule has 0 unspecified atom stereocenters. The Morgan fingerprint density at radius 3 is 2.54 bits per heavy atom. The van der Waals surface area contributed by atoms with Crippen molar-refractivity contribution in [2.75, 3.05) is 36.8 Å². The molecule has 0 amide bonds. The first-order valence-corrected chi connectivity index (χ1v) is 13.5. The van der Waals surface area contributed by atoms with E-state index in [1.165, 1.54) is 21.7 Å². The Hall–Kier alpha value is -2.96. The van der Waals surface area contributed by atoms with Gasteiger partial charge in [-0.2, -0.15) is 0 Å². The van der Waals surface area contributed by atoms with E-state index in [1.54, 1.807) is 35.0 Å². The van der Waals surface area contributed by atoms with Crippen molar-refractivity contribution in [3.63, 3.8) is 0 Å². The van der Waals surface area contributed by atoms with Crippen molar-refractivity contribution in [3.05, 3.63) is 61.7 Å². The van der Waals surface area contributed by atoms with Gasteiger partial charge in [-0.3, -0.25) is 18.8 Å². The van der Waals surface area contributed by atoms with Crippen LogP contribution in [0, 0.1) is 6.92 Å². The molecule has 1 aliphatic rings. The number of fused-ring (bicyclic) bond motifs is 1. The highest BCUT2D eigenvalue weighted by atomic mass is 32.2. The Labute approximate surface area is 210 Å². The molecule has 0 saturated carbocycles. The lowest BCUT2D eigenvalue weighted by Crippen LogP contribution is -3.13. The zero-order chi connectivity index (χ0) is 24.5. The fraction of sp³-hybridized carbons (Fsp3) is 0.435. The number of piperazine rings is 1. The van der Waals surface area contributed by atoms with Crippen LogP contribution in [0.25, 0.3) is 11.2 Å². The first kappa shape index (κ1) is 23.8. The van der Waals surface area contributed by atoms with Gasteiger partial charge in [0.2, 0.25) is 11.2 Å². The van der Waals surface area contributed by atoms with Crippen LogP contribution in [-0.2, 0) is 27.2 Å². The number of thioether (sulfide) groups is 1. The first-order chi connectivity index (χ1) is 16.9. The number of quaternary nitrogens is 1. The number of aryl methyl sites for hydroxylation is 3. The first-order valence-electron chi connectivity index (χ1n) is 11.7. The SMILES string of the molecule is Cc1nnc(SCC[n+]2c(N3CC[NH+](Cc4ccccc4)CC3)[nH]c3c2c(=O)n(C)c(=O)n3C)s1. The van der Waals surface area contributed by atoms with Crippen LogP contribution in [0.15, 0.2) is 44.3 Å². The number of rotatable bonds is 7. The molecule has 3 aromatic heterocycles. The van der Waals surface area contributed by atoms with Gasteiger partial charge in [0.05, 0.1) is 6.54 Å². The molecule has 0 spiro atoms. The molecule has 12 heteroatoms. The zero-order valence-corrected chi connectivity index (χ0v) is 21.8. The van der Waals surface area contributed by atoms with Crippen molar-refractivity contribution < 1.29 is 9.47 Å². The summed E-state index contributed by atoms with van der Waals surface area (Å²) in [6.07, 6.45) is 0. The van der Waals surface area contributed by atoms with Gasteiger partial charge in [0, 0.05) is 25.4 Å². The summed E-state index contributed by atoms with van der Waals surface area (Å²) >= 11 is 3.20. The average Bonchev–Trinajstić information content (AvgIpc) is 3.46. The van der Waals surface area contributed by atoms with E-state index < -0.39 is 0 Å². The van der Waals surface area contributed by atoms with Crippen molar-refractivity contribution in [2.45, 2.75) is 24.4 Å². The summed E-state index contributed by atoms with van der Waals surface area (Å²) in [6.45, 7) is 7.30. The van der Waals surface area contributed by atoms with Gasteiger partial charge in [-0.1, -0.05) is 53.4 Å². The highest BCUT2D eigenvalue weighted by molar-refractivity contribution is 8.01. The summed E-state index contributed by atoms with van der Waals surface area (Å²) in [4.78, 5) is 33.0. The number of aromatic amines is 1. The van der Waals surface area contributed by atoms with E-state index in [2.05, 4.69) is 44.3 Å². The molecule has 2 N–H and O–H groups in total. The van der Waals surface area contributed by atoms with E-state index in [0.717, 1.165) is 53.8 Å². The van der Waals surface area contributed by atoms with E-state index in [9.17, 15) is 9.59 Å². The highest BCUT2D eigenvalue weighted by Crippen LogP contribution is 2.22. The number of benzene rings is 1. The molecule has 5 rings (SSSR count). The van der Waals surface area contributed by atoms with Crippen molar-refractivity contribution in [3.8, 4) is 0 Å². The number of imidazole rings is 1. The van der Waals surface area contributed by atoms with Crippen molar-refractivity contribution in [1.29, 1.82) is 0 Å². The topological polar surface area (TPSA) is 97.1 Å². The minimum Gasteiger partial charge on any atom is -0.326 e. The van der Waals surface area contributed by atoms with Crippen LogP contribution >= 0.6 is 23.1 Å². The Balaban J connectivity index is 1.42. The molecular weight excluding hydrogens is 484 g/mol. The number of H-pyrrole nitrogens is 1. The molecule has 1 fully saturated rings. The summed E-state index contributed by atoms with van der Waals surface area (Å²) in [5.41, 5.74) is 1.81. The fourth-order valence-electron chi connectivity index (χ4n) is 4.62. The molecule has 0 radical (unpaired) electrons. The molecule has 1 saturated heterocycles. The minimum absolute atomic E-state index is 0.282. The van der Waals surface area contributed by atoms with E-state index in [4.69, 9.17) is 0 Å². The van der Waals surface area contributed by atoms with Gasteiger partial charge in [0.25, 0.3) is 5.56 Å². The normalized spacial score (nSPS) is 14.8. The van der Waals surface area contributed by atoms with Gasteiger partial charge < -0.3 is 4.90 Å². The number of hydrogen-bond acceptors (Lipinski definition) is 7. The summed E-state index contributed by atoms with van der Waals surface area (Å²) in [6, 6.07) is 10.6. The largest absolute Gasteiger partial charge is 0.360 e. The van der Waals surface area contributed by atoms with Gasteiger partial charge in [-0.05, 0) is 6.92 Å². The van der Waals surface area contributed by atoms with Gasteiger partial charge in [0.15, 0.2) is 4.34 Å². The number of hydrogen-bond donors (Lipinski definition) is 2. The molecule has 35 heavy (non-hydrogen) atoms. The predicted octanol–water partition coefficient (Wildman–Crippen LogP) is -0.290. The molecular formula is C23H30N8O2S2+2. The maximum atomic E-state index is 13.2. The van der Waals surface area contributed by atoms with Crippen LogP contribution in [0.2, 0.25) is 0 Å². The molecule has 10 nitrogen and oxygen atoms in total. The van der Waals surface area contributed by atoms with Gasteiger partial charge in [-0.25, -0.2) is 14.3 Å². The second kappa shape index (κ2) is 9.96. The predicted molar refractivity (Wildman–Crippen MR) is 137 cm³/mol. The molecule has 4 aromatic rings. The highest BCUT2D eigenvalue weighted by Gasteiger charge is 2.32. The van der Waals surface area contributed by atoms with Crippen LogP contribution in [0.4, 0.5) is 5.95 Å². The van der Waals surface area contributed by atoms with E-state index in [-0.39, 0.29) is 11.2 Å².